The van der Waals surface area contributed by atoms with Crippen LogP contribution in [0.5, 0.6) is 0 Å². The number of unbranched alkanes of at least 4 members (excludes halogenated alkanes) is 23. The molecule has 11 atom stereocenters. The first kappa shape index (κ1) is 63.8. The third-order valence-corrected chi connectivity index (χ3v) is 13.1. The molecule has 0 radical (unpaired) electrons. The molecule has 7 N–H and O–H groups in total. The van der Waals surface area contributed by atoms with Crippen molar-refractivity contribution in [3.63, 3.8) is 0 Å². The Morgan fingerprint density at radius 2 is 0.857 bits per heavy atom. The summed E-state index contributed by atoms with van der Waals surface area (Å²) in [5, 5.41) is 72.2. The fraction of sp³-hybridized carbons (Fsp3) is 0.855. The summed E-state index contributed by atoms with van der Waals surface area (Å²) < 4.78 is 33.6. The van der Waals surface area contributed by atoms with E-state index in [0.29, 0.717) is 12.8 Å². The molecule has 0 spiro atoms. The topological polar surface area (TPSA) is 231 Å². The van der Waals surface area contributed by atoms with Crippen molar-refractivity contribution in [2.75, 3.05) is 26.4 Å². The summed E-state index contributed by atoms with van der Waals surface area (Å²) in [6.45, 7) is 2.56. The molecular weight excluding hydrogens is 901 g/mol. The highest BCUT2D eigenvalue weighted by Gasteiger charge is 2.47. The second-order valence-corrected chi connectivity index (χ2v) is 19.4. The monoisotopic (exact) mass is 999 g/mol. The van der Waals surface area contributed by atoms with E-state index in [4.69, 9.17) is 28.4 Å². The van der Waals surface area contributed by atoms with Gasteiger partial charge >= 0.3 is 11.9 Å². The lowest BCUT2D eigenvalue weighted by Gasteiger charge is -2.42. The molecule has 0 aromatic heterocycles. The Morgan fingerprint density at radius 1 is 0.457 bits per heavy atom. The van der Waals surface area contributed by atoms with E-state index >= 15 is 0 Å². The predicted octanol–water partition coefficient (Wildman–Crippen LogP) is 8.49. The molecule has 0 bridgehead atoms. The number of aliphatic hydroxyl groups excluding tert-OH is 7. The lowest BCUT2D eigenvalue weighted by molar-refractivity contribution is -0.332. The Labute approximate surface area is 421 Å². The maximum Gasteiger partial charge on any atom is 0.306 e. The average Bonchev–Trinajstić information content (AvgIpc) is 3.35. The molecular formula is C55H98O15. The summed E-state index contributed by atoms with van der Waals surface area (Å²) in [6.07, 6.45) is 28.8. The fourth-order valence-electron chi connectivity index (χ4n) is 8.54. The summed E-state index contributed by atoms with van der Waals surface area (Å²) >= 11 is 0. The normalized spacial score (nSPS) is 25.6. The quantitative estimate of drug-likeness (QED) is 0.0173. The average molecular weight is 999 g/mol. The van der Waals surface area contributed by atoms with Crippen LogP contribution >= 0.6 is 0 Å². The van der Waals surface area contributed by atoms with Gasteiger partial charge in [0.15, 0.2) is 18.7 Å². The third-order valence-electron chi connectivity index (χ3n) is 13.1. The fourth-order valence-corrected chi connectivity index (χ4v) is 8.54. The Bertz CT molecular complexity index is 1360. The SMILES string of the molecule is CCCCC/C=C/C/C=C/CCCCCCCCCCCC(=O)OC[C@@H](CO[C@@H]1O[C@H](CO[C@@H]2O[C@H](CO)[C@H](O)C(O)C2O)[C@H](O)C(O)C1O)OC(=O)CCCCC/C=C/CCCCCCCCCC. The molecule has 2 rings (SSSR count). The molecule has 2 aliphatic heterocycles. The minimum Gasteiger partial charge on any atom is -0.462 e. The van der Waals surface area contributed by atoms with Crippen molar-refractivity contribution in [3.05, 3.63) is 36.5 Å². The zero-order valence-corrected chi connectivity index (χ0v) is 43.3. The number of carbonyl (C=O) groups is 2. The first-order chi connectivity index (χ1) is 34.0. The van der Waals surface area contributed by atoms with E-state index in [9.17, 15) is 45.3 Å². The lowest BCUT2D eigenvalue weighted by Crippen LogP contribution is -2.61. The minimum absolute atomic E-state index is 0.145. The number of carbonyl (C=O) groups excluding carboxylic acids is 2. The zero-order valence-electron chi connectivity index (χ0n) is 43.3. The molecule has 4 unspecified atom stereocenters. The predicted molar refractivity (Wildman–Crippen MR) is 270 cm³/mol. The molecule has 408 valence electrons. The third kappa shape index (κ3) is 29.4. The van der Waals surface area contributed by atoms with Crippen LogP contribution in [0.3, 0.4) is 0 Å². The van der Waals surface area contributed by atoms with Crippen molar-refractivity contribution in [3.8, 4) is 0 Å². The highest BCUT2D eigenvalue weighted by atomic mass is 16.7. The van der Waals surface area contributed by atoms with Crippen LogP contribution in [0.25, 0.3) is 0 Å². The van der Waals surface area contributed by atoms with E-state index in [1.165, 1.54) is 109 Å². The first-order valence-corrected chi connectivity index (χ1v) is 27.6. The van der Waals surface area contributed by atoms with Gasteiger partial charge in [0.1, 0.15) is 55.4 Å². The van der Waals surface area contributed by atoms with E-state index in [2.05, 4.69) is 50.3 Å². The van der Waals surface area contributed by atoms with Crippen LogP contribution < -0.4 is 0 Å². The number of rotatable bonds is 43. The van der Waals surface area contributed by atoms with Crippen molar-refractivity contribution in [2.24, 2.45) is 0 Å². The van der Waals surface area contributed by atoms with Gasteiger partial charge in [-0.1, -0.05) is 159 Å². The summed E-state index contributed by atoms with van der Waals surface area (Å²) in [5.74, 6) is -0.944. The van der Waals surface area contributed by atoms with Gasteiger partial charge in [0.25, 0.3) is 0 Å². The minimum atomic E-state index is -1.77. The largest absolute Gasteiger partial charge is 0.462 e. The van der Waals surface area contributed by atoms with Crippen LogP contribution in [0.4, 0.5) is 0 Å². The van der Waals surface area contributed by atoms with Gasteiger partial charge in [0, 0.05) is 12.8 Å². The van der Waals surface area contributed by atoms with E-state index in [-0.39, 0.29) is 26.1 Å². The Hall–Kier alpha value is -2.28. The molecule has 15 heteroatoms. The second-order valence-electron chi connectivity index (χ2n) is 19.4. The smallest absolute Gasteiger partial charge is 0.306 e. The first-order valence-electron chi connectivity index (χ1n) is 27.6. The van der Waals surface area contributed by atoms with E-state index in [0.717, 1.165) is 57.8 Å². The summed E-state index contributed by atoms with van der Waals surface area (Å²) in [7, 11) is 0. The van der Waals surface area contributed by atoms with Crippen LogP contribution in [0.1, 0.15) is 206 Å². The van der Waals surface area contributed by atoms with Crippen molar-refractivity contribution in [2.45, 2.75) is 274 Å². The van der Waals surface area contributed by atoms with Crippen molar-refractivity contribution >= 4 is 11.9 Å². The van der Waals surface area contributed by atoms with Crippen LogP contribution in [0, 0.1) is 0 Å². The molecule has 15 nitrogen and oxygen atoms in total. The molecule has 2 saturated heterocycles. The highest BCUT2D eigenvalue weighted by Crippen LogP contribution is 2.26. The number of esters is 2. The summed E-state index contributed by atoms with van der Waals surface area (Å²) in [5.41, 5.74) is 0. The molecule has 2 heterocycles. The molecule has 2 aliphatic rings. The van der Waals surface area contributed by atoms with Crippen molar-refractivity contribution in [1.29, 1.82) is 0 Å². The molecule has 0 aliphatic carbocycles. The van der Waals surface area contributed by atoms with Gasteiger partial charge in [-0.05, 0) is 70.6 Å². The maximum atomic E-state index is 13.0. The Morgan fingerprint density at radius 3 is 1.39 bits per heavy atom. The van der Waals surface area contributed by atoms with Gasteiger partial charge in [-0.2, -0.15) is 0 Å². The molecule has 0 saturated carbocycles. The number of hydrogen-bond donors (Lipinski definition) is 7. The van der Waals surface area contributed by atoms with Crippen molar-refractivity contribution in [1.82, 2.24) is 0 Å². The van der Waals surface area contributed by atoms with Gasteiger partial charge in [-0.25, -0.2) is 0 Å². The van der Waals surface area contributed by atoms with Gasteiger partial charge in [0.05, 0.1) is 19.8 Å². The highest BCUT2D eigenvalue weighted by molar-refractivity contribution is 5.70. The standard InChI is InChI=1S/C55H98O15/c1-3-5-7-9-11-13-15-17-19-20-21-22-24-25-27-29-31-33-35-37-46(57)65-40-43(68-47(58)38-36-34-32-30-28-26-23-18-16-14-12-10-8-6-4-2)41-66-54-53(64)51(62)49(60)45(70-54)42-67-55-52(63)50(61)48(59)44(39-56)69-55/h11,13,17,19,26,28,43-45,48-56,59-64H,3-10,12,14-16,18,20-25,27,29-42H2,1-2H3/b13-11+,19-17+,28-26+/t43-,44+,45+,48-,49-,50?,51?,52?,53?,54+,55+/m0/s1. The maximum absolute atomic E-state index is 13.0. The van der Waals surface area contributed by atoms with Crippen LogP contribution in [-0.2, 0) is 38.0 Å². The molecule has 0 aromatic rings. The van der Waals surface area contributed by atoms with Crippen LogP contribution in [0.15, 0.2) is 36.5 Å². The number of allylic oxidation sites excluding steroid dienone is 6. The lowest BCUT2D eigenvalue weighted by atomic mass is 9.98. The molecule has 2 fully saturated rings. The van der Waals surface area contributed by atoms with E-state index in [1.54, 1.807) is 0 Å². The number of ether oxygens (including phenoxy) is 6. The Kier molecular flexibility index (Phi) is 38.4. The van der Waals surface area contributed by atoms with Crippen LogP contribution in [-0.4, -0.2) is 142 Å². The van der Waals surface area contributed by atoms with E-state index < -0.39 is 92.7 Å². The van der Waals surface area contributed by atoms with Gasteiger partial charge in [-0.15, -0.1) is 0 Å². The van der Waals surface area contributed by atoms with Gasteiger partial charge in [0.2, 0.25) is 0 Å². The number of aliphatic hydroxyl groups is 7. The zero-order chi connectivity index (χ0) is 51.0. The summed E-state index contributed by atoms with van der Waals surface area (Å²) in [4.78, 5) is 25.8. The number of hydrogen-bond acceptors (Lipinski definition) is 15. The summed E-state index contributed by atoms with van der Waals surface area (Å²) in [6, 6.07) is 0. The second kappa shape index (κ2) is 42.1. The molecule has 0 aromatic carbocycles. The van der Waals surface area contributed by atoms with Crippen molar-refractivity contribution < 1.29 is 73.8 Å². The van der Waals surface area contributed by atoms with E-state index in [1.807, 2.05) is 0 Å². The van der Waals surface area contributed by atoms with Gasteiger partial charge < -0.3 is 64.2 Å². The Balaban J connectivity index is 1.78. The van der Waals surface area contributed by atoms with Gasteiger partial charge in [-0.3, -0.25) is 9.59 Å². The van der Waals surface area contributed by atoms with Crippen LogP contribution in [0.2, 0.25) is 0 Å². The molecule has 0 amide bonds. The molecule has 70 heavy (non-hydrogen) atoms.